The largest absolute Gasteiger partial charge is 0.306 e. The number of nitrogens with zero attached hydrogens (tertiary/aromatic N) is 1. The van der Waals surface area contributed by atoms with Gasteiger partial charge in [0, 0.05) is 18.0 Å². The van der Waals surface area contributed by atoms with Gasteiger partial charge in [0.2, 0.25) is 0 Å². The Bertz CT molecular complexity index is 656. The molecule has 0 saturated carbocycles. The number of aromatic nitrogens is 1. The van der Waals surface area contributed by atoms with Gasteiger partial charge in [-0.05, 0) is 36.1 Å². The van der Waals surface area contributed by atoms with E-state index in [1.807, 2.05) is 6.07 Å². The van der Waals surface area contributed by atoms with Crippen molar-refractivity contribution in [3.05, 3.63) is 59.1 Å². The summed E-state index contributed by atoms with van der Waals surface area (Å²) in [4.78, 5) is 5.93. The fourth-order valence-corrected chi connectivity index (χ4v) is 3.40. The maximum atomic E-state index is 4.62. The summed E-state index contributed by atoms with van der Waals surface area (Å²) in [6.45, 7) is 1.70. The van der Waals surface area contributed by atoms with E-state index < -0.39 is 0 Å². The van der Waals surface area contributed by atoms with Crippen LogP contribution in [0.25, 0.3) is 10.2 Å². The maximum absolute atomic E-state index is 4.62. The number of para-hydroxylation sites is 1. The lowest BCUT2D eigenvalue weighted by Crippen LogP contribution is -2.12. The number of hydrogen-bond acceptors (Lipinski definition) is 4. The Hall–Kier alpha value is -1.36. The van der Waals surface area contributed by atoms with Gasteiger partial charge in [0.1, 0.15) is 5.01 Å². The molecule has 0 atom stereocenters. The van der Waals surface area contributed by atoms with E-state index in [0.29, 0.717) is 0 Å². The van der Waals surface area contributed by atoms with Crippen LogP contribution in [0.1, 0.15) is 10.6 Å². The lowest BCUT2D eigenvalue weighted by Gasteiger charge is -2.03. The van der Waals surface area contributed by atoms with Gasteiger partial charge in [-0.25, -0.2) is 4.98 Å². The van der Waals surface area contributed by atoms with Crippen LogP contribution >= 0.6 is 23.1 Å². The van der Waals surface area contributed by atoms with Gasteiger partial charge in [0.05, 0.1) is 10.2 Å². The van der Waals surface area contributed by atoms with E-state index in [2.05, 4.69) is 59.0 Å². The van der Waals surface area contributed by atoms with Crippen LogP contribution in [0, 0.1) is 0 Å². The summed E-state index contributed by atoms with van der Waals surface area (Å²) in [5.41, 5.74) is 2.41. The SMILES string of the molecule is CSc1ccc(CNCc2nc3ccccc3s2)cc1. The average molecular weight is 300 g/mol. The Labute approximate surface area is 127 Å². The summed E-state index contributed by atoms with van der Waals surface area (Å²) >= 11 is 3.53. The van der Waals surface area contributed by atoms with Crippen LogP contribution in [-0.4, -0.2) is 11.2 Å². The van der Waals surface area contributed by atoms with Crippen molar-refractivity contribution >= 4 is 33.3 Å². The van der Waals surface area contributed by atoms with Gasteiger partial charge in [-0.1, -0.05) is 24.3 Å². The summed E-state index contributed by atoms with van der Waals surface area (Å²) in [5.74, 6) is 0. The minimum Gasteiger partial charge on any atom is -0.306 e. The number of fused-ring (bicyclic) bond motifs is 1. The van der Waals surface area contributed by atoms with E-state index >= 15 is 0 Å². The van der Waals surface area contributed by atoms with E-state index in [0.717, 1.165) is 23.6 Å². The van der Waals surface area contributed by atoms with E-state index in [9.17, 15) is 0 Å². The Morgan fingerprint density at radius 1 is 1.05 bits per heavy atom. The molecule has 1 heterocycles. The van der Waals surface area contributed by atoms with Gasteiger partial charge in [-0.2, -0.15) is 0 Å². The summed E-state index contributed by atoms with van der Waals surface area (Å²) in [7, 11) is 0. The smallest absolute Gasteiger partial charge is 0.108 e. The molecule has 0 unspecified atom stereocenters. The molecule has 102 valence electrons. The molecule has 3 aromatic rings. The van der Waals surface area contributed by atoms with Crippen LogP contribution < -0.4 is 5.32 Å². The predicted molar refractivity (Wildman–Crippen MR) is 88.4 cm³/mol. The van der Waals surface area contributed by atoms with Crippen molar-refractivity contribution < 1.29 is 0 Å². The summed E-state index contributed by atoms with van der Waals surface area (Å²) in [6.07, 6.45) is 2.10. The lowest BCUT2D eigenvalue weighted by atomic mass is 10.2. The molecule has 0 amide bonds. The Morgan fingerprint density at radius 3 is 2.60 bits per heavy atom. The van der Waals surface area contributed by atoms with E-state index in [4.69, 9.17) is 0 Å². The van der Waals surface area contributed by atoms with Crippen LogP contribution in [0.5, 0.6) is 0 Å². The molecule has 2 nitrogen and oxygen atoms in total. The number of hydrogen-bond donors (Lipinski definition) is 1. The van der Waals surface area contributed by atoms with Crippen molar-refractivity contribution in [2.24, 2.45) is 0 Å². The van der Waals surface area contributed by atoms with Crippen LogP contribution in [0.15, 0.2) is 53.4 Å². The molecular weight excluding hydrogens is 284 g/mol. The average Bonchev–Trinajstić information content (AvgIpc) is 2.90. The third-order valence-corrected chi connectivity index (χ3v) is 4.88. The fraction of sp³-hybridized carbons (Fsp3) is 0.188. The van der Waals surface area contributed by atoms with Gasteiger partial charge in [-0.3, -0.25) is 0 Å². The number of thiazole rings is 1. The normalized spacial score (nSPS) is 11.1. The third kappa shape index (κ3) is 3.20. The molecule has 0 aliphatic heterocycles. The molecule has 0 fully saturated rings. The van der Waals surface area contributed by atoms with Crippen molar-refractivity contribution in [2.75, 3.05) is 6.26 Å². The van der Waals surface area contributed by atoms with E-state index in [-0.39, 0.29) is 0 Å². The molecule has 0 spiro atoms. The number of thioether (sulfide) groups is 1. The van der Waals surface area contributed by atoms with Crippen LogP contribution in [0.2, 0.25) is 0 Å². The first kappa shape index (κ1) is 13.6. The Morgan fingerprint density at radius 2 is 1.85 bits per heavy atom. The highest BCUT2D eigenvalue weighted by Crippen LogP contribution is 2.21. The van der Waals surface area contributed by atoms with Crippen molar-refractivity contribution in [2.45, 2.75) is 18.0 Å². The van der Waals surface area contributed by atoms with Gasteiger partial charge < -0.3 is 5.32 Å². The number of benzene rings is 2. The van der Waals surface area contributed by atoms with Crippen molar-refractivity contribution in [1.82, 2.24) is 10.3 Å². The Kier molecular flexibility index (Phi) is 4.35. The second-order valence-corrected chi connectivity index (χ2v) is 6.52. The van der Waals surface area contributed by atoms with Crippen LogP contribution in [-0.2, 0) is 13.1 Å². The standard InChI is InChI=1S/C16H16N2S2/c1-19-13-8-6-12(7-9-13)10-17-11-16-18-14-4-2-3-5-15(14)20-16/h2-9,17H,10-11H2,1H3. The zero-order valence-electron chi connectivity index (χ0n) is 11.3. The maximum Gasteiger partial charge on any atom is 0.108 e. The molecule has 0 bridgehead atoms. The van der Waals surface area contributed by atoms with Crippen molar-refractivity contribution in [3.63, 3.8) is 0 Å². The fourth-order valence-electron chi connectivity index (χ4n) is 2.05. The molecule has 3 rings (SSSR count). The number of rotatable bonds is 5. The van der Waals surface area contributed by atoms with E-state index in [1.54, 1.807) is 23.1 Å². The molecule has 0 radical (unpaired) electrons. The zero-order chi connectivity index (χ0) is 13.8. The first-order chi connectivity index (χ1) is 9.85. The monoisotopic (exact) mass is 300 g/mol. The van der Waals surface area contributed by atoms with Gasteiger partial charge in [-0.15, -0.1) is 23.1 Å². The molecule has 1 N–H and O–H groups in total. The second kappa shape index (κ2) is 6.39. The van der Waals surface area contributed by atoms with Gasteiger partial charge in [0.25, 0.3) is 0 Å². The van der Waals surface area contributed by atoms with Crippen LogP contribution in [0.3, 0.4) is 0 Å². The highest BCUT2D eigenvalue weighted by atomic mass is 32.2. The highest BCUT2D eigenvalue weighted by molar-refractivity contribution is 7.98. The molecule has 0 saturated heterocycles. The second-order valence-electron chi connectivity index (χ2n) is 4.53. The third-order valence-electron chi connectivity index (χ3n) is 3.10. The zero-order valence-corrected chi connectivity index (χ0v) is 12.9. The molecule has 4 heteroatoms. The van der Waals surface area contributed by atoms with Gasteiger partial charge in [0.15, 0.2) is 0 Å². The first-order valence-corrected chi connectivity index (χ1v) is 8.57. The summed E-state index contributed by atoms with van der Waals surface area (Å²) < 4.78 is 1.26. The van der Waals surface area contributed by atoms with Crippen molar-refractivity contribution in [1.29, 1.82) is 0 Å². The number of nitrogens with one attached hydrogen (secondary N) is 1. The highest BCUT2D eigenvalue weighted by Gasteiger charge is 2.02. The molecule has 2 aromatic carbocycles. The minimum absolute atomic E-state index is 0.823. The quantitative estimate of drug-likeness (QED) is 0.711. The topological polar surface area (TPSA) is 24.9 Å². The van der Waals surface area contributed by atoms with E-state index in [1.165, 1.54) is 15.2 Å². The predicted octanol–water partition coefficient (Wildman–Crippen LogP) is 4.31. The molecule has 0 aliphatic carbocycles. The van der Waals surface area contributed by atoms with Crippen molar-refractivity contribution in [3.8, 4) is 0 Å². The first-order valence-electron chi connectivity index (χ1n) is 6.53. The van der Waals surface area contributed by atoms with Crippen LogP contribution in [0.4, 0.5) is 0 Å². The molecular formula is C16H16N2S2. The molecule has 20 heavy (non-hydrogen) atoms. The minimum atomic E-state index is 0.823. The summed E-state index contributed by atoms with van der Waals surface area (Å²) in [6, 6.07) is 17.0. The molecule has 1 aromatic heterocycles. The molecule has 0 aliphatic rings. The Balaban J connectivity index is 1.58. The summed E-state index contributed by atoms with van der Waals surface area (Å²) in [5, 5.41) is 4.60. The van der Waals surface area contributed by atoms with Gasteiger partial charge >= 0.3 is 0 Å². The lowest BCUT2D eigenvalue weighted by molar-refractivity contribution is 0.690.